The van der Waals surface area contributed by atoms with E-state index in [1.165, 1.54) is 5.56 Å². The van der Waals surface area contributed by atoms with E-state index < -0.39 is 0 Å². The second-order valence-corrected chi connectivity index (χ2v) is 4.80. The summed E-state index contributed by atoms with van der Waals surface area (Å²) >= 11 is 11.8. The van der Waals surface area contributed by atoms with Crippen LogP contribution in [0.1, 0.15) is 18.5 Å². The Morgan fingerprint density at radius 1 is 0.941 bits per heavy atom. The SMILES string of the molecule is CC(Nc1cccc(Cl)c1)c1ccc(Cl)cc1. The maximum absolute atomic E-state index is 5.94. The fourth-order valence-electron chi connectivity index (χ4n) is 1.66. The molecular formula is C14H13Cl2N. The van der Waals surface area contributed by atoms with E-state index in [1.807, 2.05) is 48.5 Å². The molecule has 1 unspecified atom stereocenters. The summed E-state index contributed by atoms with van der Waals surface area (Å²) in [5.74, 6) is 0. The van der Waals surface area contributed by atoms with Crippen molar-refractivity contribution in [2.45, 2.75) is 13.0 Å². The van der Waals surface area contributed by atoms with Crippen LogP contribution < -0.4 is 5.32 Å². The minimum Gasteiger partial charge on any atom is -0.378 e. The van der Waals surface area contributed by atoms with Crippen molar-refractivity contribution in [3.8, 4) is 0 Å². The molecule has 88 valence electrons. The van der Waals surface area contributed by atoms with Crippen LogP contribution >= 0.6 is 23.2 Å². The van der Waals surface area contributed by atoms with Crippen molar-refractivity contribution in [3.05, 3.63) is 64.1 Å². The fourth-order valence-corrected chi connectivity index (χ4v) is 1.98. The van der Waals surface area contributed by atoms with Crippen molar-refractivity contribution in [3.63, 3.8) is 0 Å². The average molecular weight is 266 g/mol. The minimum atomic E-state index is 0.214. The summed E-state index contributed by atoms with van der Waals surface area (Å²) in [6.45, 7) is 2.10. The molecule has 1 nitrogen and oxygen atoms in total. The highest BCUT2D eigenvalue weighted by Gasteiger charge is 2.05. The molecule has 2 rings (SSSR count). The van der Waals surface area contributed by atoms with Crippen LogP contribution in [0, 0.1) is 0 Å². The first kappa shape index (κ1) is 12.3. The van der Waals surface area contributed by atoms with Crippen molar-refractivity contribution < 1.29 is 0 Å². The topological polar surface area (TPSA) is 12.0 Å². The largest absolute Gasteiger partial charge is 0.378 e. The average Bonchev–Trinajstić information content (AvgIpc) is 2.29. The Labute approximate surface area is 111 Å². The molecule has 2 aromatic rings. The lowest BCUT2D eigenvalue weighted by Gasteiger charge is -2.15. The highest BCUT2D eigenvalue weighted by atomic mass is 35.5. The van der Waals surface area contributed by atoms with Crippen molar-refractivity contribution in [2.24, 2.45) is 0 Å². The molecule has 0 aromatic heterocycles. The summed E-state index contributed by atoms with van der Waals surface area (Å²) in [5, 5.41) is 4.88. The van der Waals surface area contributed by atoms with Crippen LogP contribution in [0.25, 0.3) is 0 Å². The molecule has 0 fully saturated rings. The highest BCUT2D eigenvalue weighted by Crippen LogP contribution is 2.22. The zero-order valence-corrected chi connectivity index (χ0v) is 11.0. The predicted molar refractivity (Wildman–Crippen MR) is 74.9 cm³/mol. The summed E-state index contributed by atoms with van der Waals surface area (Å²) in [6, 6.07) is 15.7. The van der Waals surface area contributed by atoms with E-state index >= 15 is 0 Å². The maximum Gasteiger partial charge on any atom is 0.0485 e. The first-order valence-electron chi connectivity index (χ1n) is 5.43. The van der Waals surface area contributed by atoms with E-state index in [1.54, 1.807) is 0 Å². The van der Waals surface area contributed by atoms with Gasteiger partial charge in [0.05, 0.1) is 0 Å². The molecule has 2 aromatic carbocycles. The van der Waals surface area contributed by atoms with Crippen LogP contribution in [0.3, 0.4) is 0 Å². The Bertz CT molecular complexity index is 494. The Morgan fingerprint density at radius 2 is 1.65 bits per heavy atom. The molecule has 0 bridgehead atoms. The van der Waals surface area contributed by atoms with E-state index in [0.29, 0.717) is 0 Å². The standard InChI is InChI=1S/C14H13Cl2N/c1-10(11-5-7-12(15)8-6-11)17-14-4-2-3-13(16)9-14/h2-10,17H,1H3. The van der Waals surface area contributed by atoms with Gasteiger partial charge in [-0.1, -0.05) is 41.4 Å². The maximum atomic E-state index is 5.94. The highest BCUT2D eigenvalue weighted by molar-refractivity contribution is 6.31. The van der Waals surface area contributed by atoms with Gasteiger partial charge in [0.1, 0.15) is 0 Å². The Hall–Kier alpha value is -1.18. The second-order valence-electron chi connectivity index (χ2n) is 3.93. The van der Waals surface area contributed by atoms with Gasteiger partial charge in [0, 0.05) is 21.8 Å². The number of rotatable bonds is 3. The van der Waals surface area contributed by atoms with Gasteiger partial charge in [0.15, 0.2) is 0 Å². The van der Waals surface area contributed by atoms with Gasteiger partial charge >= 0.3 is 0 Å². The Kier molecular flexibility index (Phi) is 3.93. The zero-order chi connectivity index (χ0) is 12.3. The van der Waals surface area contributed by atoms with Gasteiger partial charge < -0.3 is 5.32 Å². The van der Waals surface area contributed by atoms with Crippen LogP contribution in [0.15, 0.2) is 48.5 Å². The third kappa shape index (κ3) is 3.39. The van der Waals surface area contributed by atoms with Crippen LogP contribution in [0.2, 0.25) is 10.0 Å². The number of hydrogen-bond donors (Lipinski definition) is 1. The van der Waals surface area contributed by atoms with Crippen LogP contribution in [0.5, 0.6) is 0 Å². The second kappa shape index (κ2) is 5.44. The number of halogens is 2. The summed E-state index contributed by atoms with van der Waals surface area (Å²) in [6.07, 6.45) is 0. The molecule has 0 aliphatic carbocycles. The molecule has 0 aliphatic rings. The number of nitrogens with one attached hydrogen (secondary N) is 1. The fraction of sp³-hybridized carbons (Fsp3) is 0.143. The number of hydrogen-bond acceptors (Lipinski definition) is 1. The monoisotopic (exact) mass is 265 g/mol. The van der Waals surface area contributed by atoms with E-state index in [-0.39, 0.29) is 6.04 Å². The van der Waals surface area contributed by atoms with Crippen LogP contribution in [0.4, 0.5) is 5.69 Å². The first-order valence-corrected chi connectivity index (χ1v) is 6.18. The molecule has 3 heteroatoms. The van der Waals surface area contributed by atoms with E-state index in [2.05, 4.69) is 12.2 Å². The lowest BCUT2D eigenvalue weighted by molar-refractivity contribution is 0.885. The zero-order valence-electron chi connectivity index (χ0n) is 9.45. The van der Waals surface area contributed by atoms with Gasteiger partial charge in [-0.15, -0.1) is 0 Å². The Morgan fingerprint density at radius 3 is 2.29 bits per heavy atom. The molecule has 0 saturated carbocycles. The van der Waals surface area contributed by atoms with Crippen LogP contribution in [-0.4, -0.2) is 0 Å². The summed E-state index contributed by atoms with van der Waals surface area (Å²) < 4.78 is 0. The van der Waals surface area contributed by atoms with Crippen molar-refractivity contribution in [2.75, 3.05) is 5.32 Å². The third-order valence-electron chi connectivity index (χ3n) is 2.58. The molecule has 17 heavy (non-hydrogen) atoms. The third-order valence-corrected chi connectivity index (χ3v) is 3.06. The van der Waals surface area contributed by atoms with Gasteiger partial charge in [-0.05, 0) is 42.8 Å². The van der Waals surface area contributed by atoms with Gasteiger partial charge in [-0.2, -0.15) is 0 Å². The van der Waals surface area contributed by atoms with Crippen molar-refractivity contribution in [1.29, 1.82) is 0 Å². The van der Waals surface area contributed by atoms with Crippen molar-refractivity contribution in [1.82, 2.24) is 0 Å². The normalized spacial score (nSPS) is 12.2. The smallest absolute Gasteiger partial charge is 0.0485 e. The molecule has 1 atom stereocenters. The Balaban J connectivity index is 2.11. The van der Waals surface area contributed by atoms with Gasteiger partial charge in [-0.25, -0.2) is 0 Å². The summed E-state index contributed by atoms with van der Waals surface area (Å²) in [7, 11) is 0. The van der Waals surface area contributed by atoms with Gasteiger partial charge in [0.2, 0.25) is 0 Å². The van der Waals surface area contributed by atoms with Crippen molar-refractivity contribution >= 4 is 28.9 Å². The molecule has 0 radical (unpaired) electrons. The van der Waals surface area contributed by atoms with E-state index in [4.69, 9.17) is 23.2 Å². The minimum absolute atomic E-state index is 0.214. The van der Waals surface area contributed by atoms with Crippen LogP contribution in [-0.2, 0) is 0 Å². The molecular weight excluding hydrogens is 253 g/mol. The predicted octanol–water partition coefficient (Wildman–Crippen LogP) is 5.17. The van der Waals surface area contributed by atoms with Gasteiger partial charge in [-0.3, -0.25) is 0 Å². The molecule has 0 heterocycles. The molecule has 0 spiro atoms. The summed E-state index contributed by atoms with van der Waals surface area (Å²) in [4.78, 5) is 0. The lowest BCUT2D eigenvalue weighted by Crippen LogP contribution is -2.06. The molecule has 1 N–H and O–H groups in total. The van der Waals surface area contributed by atoms with E-state index in [9.17, 15) is 0 Å². The number of benzene rings is 2. The molecule has 0 amide bonds. The number of anilines is 1. The summed E-state index contributed by atoms with van der Waals surface area (Å²) in [5.41, 5.74) is 2.20. The molecule has 0 saturated heterocycles. The lowest BCUT2D eigenvalue weighted by atomic mass is 10.1. The quantitative estimate of drug-likeness (QED) is 0.808. The van der Waals surface area contributed by atoms with E-state index in [0.717, 1.165) is 15.7 Å². The van der Waals surface area contributed by atoms with Gasteiger partial charge in [0.25, 0.3) is 0 Å². The molecule has 0 aliphatic heterocycles. The first-order chi connectivity index (χ1) is 8.15.